The molecular formula is C15H9ClN2O2. The van der Waals surface area contributed by atoms with Crippen LogP contribution in [0.25, 0.3) is 0 Å². The highest BCUT2D eigenvalue weighted by Gasteiger charge is 2.28. The lowest BCUT2D eigenvalue weighted by Gasteiger charge is -2.14. The van der Waals surface area contributed by atoms with Crippen molar-refractivity contribution in [3.8, 4) is 0 Å². The largest absolute Gasteiger partial charge is 0.294 e. The van der Waals surface area contributed by atoms with Crippen molar-refractivity contribution < 1.29 is 9.59 Å². The Morgan fingerprint density at radius 2 is 1.80 bits per heavy atom. The number of ketones is 2. The van der Waals surface area contributed by atoms with Crippen molar-refractivity contribution in [2.24, 2.45) is 4.99 Å². The monoisotopic (exact) mass is 284 g/mol. The number of benzene rings is 1. The van der Waals surface area contributed by atoms with Crippen molar-refractivity contribution in [3.63, 3.8) is 0 Å². The number of hydrogen-bond donors (Lipinski definition) is 0. The fourth-order valence-corrected chi connectivity index (χ4v) is 2.18. The molecule has 0 N–H and O–H groups in total. The van der Waals surface area contributed by atoms with Crippen molar-refractivity contribution >= 4 is 34.7 Å². The topological polar surface area (TPSA) is 59.4 Å². The molecule has 98 valence electrons. The molecule has 0 amide bonds. The van der Waals surface area contributed by atoms with Gasteiger partial charge in [-0.3, -0.25) is 9.59 Å². The van der Waals surface area contributed by atoms with Crippen molar-refractivity contribution in [2.75, 3.05) is 0 Å². The summed E-state index contributed by atoms with van der Waals surface area (Å²) in [6.07, 6.45) is 1.45. The summed E-state index contributed by atoms with van der Waals surface area (Å²) >= 11 is 5.74. The second-order valence-electron chi connectivity index (χ2n) is 4.37. The van der Waals surface area contributed by atoms with Crippen LogP contribution in [0.4, 0.5) is 5.82 Å². The predicted molar refractivity (Wildman–Crippen MR) is 76.1 cm³/mol. The quantitative estimate of drug-likeness (QED) is 0.807. The summed E-state index contributed by atoms with van der Waals surface area (Å²) in [5, 5.41) is 0.491. The Morgan fingerprint density at radius 3 is 2.50 bits per heavy atom. The number of aliphatic imine (C=N–C) groups is 1. The van der Waals surface area contributed by atoms with Crippen LogP contribution in [0, 0.1) is 0 Å². The zero-order chi connectivity index (χ0) is 14.1. The van der Waals surface area contributed by atoms with Crippen LogP contribution in [-0.2, 0) is 0 Å². The zero-order valence-corrected chi connectivity index (χ0v) is 11.1. The number of carbonyl (C=O) groups excluding carboxylic acids is 2. The Balaban J connectivity index is 2.03. The van der Waals surface area contributed by atoms with Crippen molar-refractivity contribution in [1.82, 2.24) is 4.98 Å². The molecule has 1 aromatic heterocycles. The van der Waals surface area contributed by atoms with Crippen LogP contribution in [0.5, 0.6) is 0 Å². The third kappa shape index (κ3) is 2.26. The minimum atomic E-state index is -0.225. The van der Waals surface area contributed by atoms with E-state index < -0.39 is 0 Å². The minimum absolute atomic E-state index is 0.000152. The molecule has 0 unspecified atom stereocenters. The lowest BCUT2D eigenvalue weighted by molar-refractivity contribution is 0.0965. The molecule has 5 heteroatoms. The summed E-state index contributed by atoms with van der Waals surface area (Å²) in [6.45, 7) is 0. The van der Waals surface area contributed by atoms with Crippen LogP contribution < -0.4 is 0 Å². The van der Waals surface area contributed by atoms with E-state index in [2.05, 4.69) is 9.98 Å². The first-order valence-electron chi connectivity index (χ1n) is 6.01. The Labute approximate surface area is 120 Å². The van der Waals surface area contributed by atoms with Gasteiger partial charge in [-0.1, -0.05) is 35.9 Å². The van der Waals surface area contributed by atoms with Gasteiger partial charge in [-0.15, -0.1) is 0 Å². The van der Waals surface area contributed by atoms with Gasteiger partial charge in [0, 0.05) is 17.3 Å². The number of carbonyl (C=O) groups is 2. The number of rotatable bonds is 1. The normalized spacial score (nSPS) is 16.4. The van der Waals surface area contributed by atoms with E-state index in [1.165, 1.54) is 6.20 Å². The van der Waals surface area contributed by atoms with Crippen LogP contribution in [0.1, 0.15) is 27.1 Å². The van der Waals surface area contributed by atoms with Gasteiger partial charge in [-0.2, -0.15) is 0 Å². The first-order valence-corrected chi connectivity index (χ1v) is 6.39. The number of aromatic nitrogens is 1. The summed E-state index contributed by atoms with van der Waals surface area (Å²) in [5.41, 5.74) is 1.07. The summed E-state index contributed by atoms with van der Waals surface area (Å²) < 4.78 is 0. The molecule has 3 rings (SSSR count). The van der Waals surface area contributed by atoms with Gasteiger partial charge in [0.05, 0.1) is 17.2 Å². The van der Waals surface area contributed by atoms with Crippen LogP contribution in [-0.4, -0.2) is 22.3 Å². The Kier molecular flexibility index (Phi) is 3.16. The fraction of sp³-hybridized carbons (Fsp3) is 0.0667. The first-order chi connectivity index (χ1) is 9.65. The predicted octanol–water partition coefficient (Wildman–Crippen LogP) is 3.28. The molecule has 1 aliphatic rings. The van der Waals surface area contributed by atoms with Crippen molar-refractivity contribution in [2.45, 2.75) is 6.42 Å². The van der Waals surface area contributed by atoms with Crippen LogP contribution in [0.3, 0.4) is 0 Å². The number of halogens is 1. The highest BCUT2D eigenvalue weighted by molar-refractivity contribution is 6.53. The molecule has 20 heavy (non-hydrogen) atoms. The molecular weight excluding hydrogens is 276 g/mol. The smallest absolute Gasteiger partial charge is 0.208 e. The number of nitrogens with zero attached hydrogens (tertiary/aromatic N) is 2. The SMILES string of the molecule is O=C1CC(=Nc2ccc(Cl)cn2)C(=O)c2ccccc21. The molecule has 0 saturated heterocycles. The molecule has 0 radical (unpaired) electrons. The van der Waals surface area contributed by atoms with Gasteiger partial charge >= 0.3 is 0 Å². The summed E-state index contributed by atoms with van der Waals surface area (Å²) in [5.74, 6) is 0.0368. The molecule has 1 heterocycles. The maximum atomic E-state index is 12.3. The van der Waals surface area contributed by atoms with E-state index in [-0.39, 0.29) is 23.7 Å². The first kappa shape index (κ1) is 12.7. The maximum Gasteiger partial charge on any atom is 0.208 e. The summed E-state index contributed by atoms with van der Waals surface area (Å²) in [4.78, 5) is 32.5. The summed E-state index contributed by atoms with van der Waals surface area (Å²) in [6, 6.07) is 10.0. The van der Waals surface area contributed by atoms with Gasteiger partial charge in [-0.05, 0) is 12.1 Å². The molecule has 1 aromatic carbocycles. The van der Waals surface area contributed by atoms with Crippen LogP contribution in [0.15, 0.2) is 47.6 Å². The fourth-order valence-electron chi connectivity index (χ4n) is 2.07. The van der Waals surface area contributed by atoms with Gasteiger partial charge < -0.3 is 0 Å². The Hall–Kier alpha value is -2.33. The average molecular weight is 285 g/mol. The van der Waals surface area contributed by atoms with E-state index in [1.54, 1.807) is 36.4 Å². The third-order valence-electron chi connectivity index (χ3n) is 3.02. The standard InChI is InChI=1S/C15H9ClN2O2/c16-9-5-6-14(17-8-9)18-12-7-13(19)10-3-1-2-4-11(10)15(12)20/h1-6,8H,7H2. The number of pyridine rings is 1. The molecule has 0 aliphatic heterocycles. The summed E-state index contributed by atoms with van der Waals surface area (Å²) in [7, 11) is 0. The molecule has 2 aromatic rings. The zero-order valence-electron chi connectivity index (χ0n) is 10.3. The Bertz CT molecular complexity index is 736. The van der Waals surface area contributed by atoms with E-state index in [9.17, 15) is 9.59 Å². The van der Waals surface area contributed by atoms with Gasteiger partial charge in [0.25, 0.3) is 0 Å². The minimum Gasteiger partial charge on any atom is -0.294 e. The second-order valence-corrected chi connectivity index (χ2v) is 4.80. The van der Waals surface area contributed by atoms with E-state index in [4.69, 9.17) is 11.6 Å². The molecule has 0 saturated carbocycles. The van der Waals surface area contributed by atoms with E-state index in [0.717, 1.165) is 0 Å². The molecule has 0 fully saturated rings. The average Bonchev–Trinajstić information content (AvgIpc) is 2.47. The van der Waals surface area contributed by atoms with Crippen molar-refractivity contribution in [3.05, 3.63) is 58.7 Å². The molecule has 4 nitrogen and oxygen atoms in total. The van der Waals surface area contributed by atoms with Gasteiger partial charge in [-0.25, -0.2) is 9.98 Å². The molecule has 0 spiro atoms. The van der Waals surface area contributed by atoms with Gasteiger partial charge in [0.15, 0.2) is 11.6 Å². The maximum absolute atomic E-state index is 12.3. The van der Waals surface area contributed by atoms with E-state index in [0.29, 0.717) is 22.0 Å². The molecule has 0 atom stereocenters. The van der Waals surface area contributed by atoms with Gasteiger partial charge in [0.1, 0.15) is 0 Å². The van der Waals surface area contributed by atoms with E-state index in [1.807, 2.05) is 0 Å². The second kappa shape index (κ2) is 4.98. The number of hydrogen-bond acceptors (Lipinski definition) is 4. The highest BCUT2D eigenvalue weighted by atomic mass is 35.5. The lowest BCUT2D eigenvalue weighted by Crippen LogP contribution is -2.26. The number of Topliss-reactive ketones (excluding diaryl/α,β-unsaturated/α-hetero) is 2. The lowest BCUT2D eigenvalue weighted by atomic mass is 9.88. The van der Waals surface area contributed by atoms with E-state index >= 15 is 0 Å². The van der Waals surface area contributed by atoms with Crippen LogP contribution in [0.2, 0.25) is 5.02 Å². The highest BCUT2D eigenvalue weighted by Crippen LogP contribution is 2.22. The third-order valence-corrected chi connectivity index (χ3v) is 3.25. The van der Waals surface area contributed by atoms with Crippen molar-refractivity contribution in [1.29, 1.82) is 0 Å². The van der Waals surface area contributed by atoms with Crippen LogP contribution >= 0.6 is 11.6 Å². The molecule has 0 bridgehead atoms. The Morgan fingerprint density at radius 1 is 1.05 bits per heavy atom. The van der Waals surface area contributed by atoms with Gasteiger partial charge in [0.2, 0.25) is 5.78 Å². The molecule has 1 aliphatic carbocycles. The number of fused-ring (bicyclic) bond motifs is 1.